The SMILES string of the molecule is CC.CCSc1ccc(CC(=O)Nc2ccc(C(C)(C)CNC3CCCCC3)cc2)cc1. The van der Waals surface area contributed by atoms with E-state index in [-0.39, 0.29) is 11.3 Å². The van der Waals surface area contributed by atoms with E-state index in [9.17, 15) is 4.79 Å². The van der Waals surface area contributed by atoms with Gasteiger partial charge in [-0.2, -0.15) is 0 Å². The van der Waals surface area contributed by atoms with Crippen LogP contribution in [0, 0.1) is 0 Å². The van der Waals surface area contributed by atoms with Crippen LogP contribution in [0.5, 0.6) is 0 Å². The first kappa shape index (κ1) is 26.5. The zero-order chi connectivity index (χ0) is 23.4. The van der Waals surface area contributed by atoms with Crippen LogP contribution in [0.4, 0.5) is 5.69 Å². The van der Waals surface area contributed by atoms with Crippen LogP contribution >= 0.6 is 11.8 Å². The molecule has 0 aliphatic heterocycles. The van der Waals surface area contributed by atoms with E-state index in [0.717, 1.165) is 23.5 Å². The molecule has 176 valence electrons. The fourth-order valence-electron chi connectivity index (χ4n) is 4.07. The number of rotatable bonds is 9. The Bertz CT molecular complexity index is 793. The van der Waals surface area contributed by atoms with Crippen molar-refractivity contribution in [3.63, 3.8) is 0 Å². The second-order valence-electron chi connectivity index (χ2n) is 8.98. The van der Waals surface area contributed by atoms with Gasteiger partial charge in [-0.05, 0) is 54.0 Å². The highest BCUT2D eigenvalue weighted by Crippen LogP contribution is 2.26. The lowest BCUT2D eigenvalue weighted by Crippen LogP contribution is -2.40. The molecule has 2 aromatic carbocycles. The molecule has 3 rings (SSSR count). The third-order valence-corrected chi connectivity index (χ3v) is 6.88. The summed E-state index contributed by atoms with van der Waals surface area (Å²) in [6.07, 6.45) is 7.11. The fraction of sp³-hybridized carbons (Fsp3) is 0.536. The lowest BCUT2D eigenvalue weighted by molar-refractivity contribution is -0.115. The van der Waals surface area contributed by atoms with E-state index >= 15 is 0 Å². The topological polar surface area (TPSA) is 41.1 Å². The van der Waals surface area contributed by atoms with Crippen LogP contribution in [0.25, 0.3) is 0 Å². The summed E-state index contributed by atoms with van der Waals surface area (Å²) in [5.74, 6) is 1.08. The zero-order valence-electron chi connectivity index (χ0n) is 20.7. The predicted octanol–water partition coefficient (Wildman–Crippen LogP) is 7.21. The van der Waals surface area contributed by atoms with E-state index in [1.807, 2.05) is 49.9 Å². The molecule has 0 radical (unpaired) electrons. The second kappa shape index (κ2) is 13.7. The number of benzene rings is 2. The molecule has 2 aromatic rings. The van der Waals surface area contributed by atoms with Crippen LogP contribution in [0.3, 0.4) is 0 Å². The molecule has 0 spiro atoms. The van der Waals surface area contributed by atoms with Gasteiger partial charge in [0.1, 0.15) is 0 Å². The number of anilines is 1. The van der Waals surface area contributed by atoms with Gasteiger partial charge in [0.05, 0.1) is 6.42 Å². The maximum Gasteiger partial charge on any atom is 0.228 e. The maximum atomic E-state index is 12.4. The molecule has 1 aliphatic rings. The van der Waals surface area contributed by atoms with Gasteiger partial charge in [0.15, 0.2) is 0 Å². The molecule has 2 N–H and O–H groups in total. The lowest BCUT2D eigenvalue weighted by atomic mass is 9.83. The molecule has 0 saturated heterocycles. The highest BCUT2D eigenvalue weighted by Gasteiger charge is 2.23. The van der Waals surface area contributed by atoms with Gasteiger partial charge in [0.25, 0.3) is 0 Å². The lowest BCUT2D eigenvalue weighted by Gasteiger charge is -2.30. The summed E-state index contributed by atoms with van der Waals surface area (Å²) in [5, 5.41) is 6.81. The number of amides is 1. The summed E-state index contributed by atoms with van der Waals surface area (Å²) in [7, 11) is 0. The van der Waals surface area contributed by atoms with Gasteiger partial charge in [-0.25, -0.2) is 0 Å². The van der Waals surface area contributed by atoms with Gasteiger partial charge in [-0.3, -0.25) is 4.79 Å². The number of thioether (sulfide) groups is 1. The molecular weight excluding hydrogens is 412 g/mol. The molecule has 32 heavy (non-hydrogen) atoms. The molecule has 1 saturated carbocycles. The predicted molar refractivity (Wildman–Crippen MR) is 141 cm³/mol. The summed E-state index contributed by atoms with van der Waals surface area (Å²) >= 11 is 1.81. The molecule has 1 aliphatic carbocycles. The van der Waals surface area contributed by atoms with Gasteiger partial charge in [-0.15, -0.1) is 11.8 Å². The monoisotopic (exact) mass is 454 g/mol. The van der Waals surface area contributed by atoms with Crippen molar-refractivity contribution in [1.82, 2.24) is 5.32 Å². The van der Waals surface area contributed by atoms with Crippen LogP contribution in [0.15, 0.2) is 53.4 Å². The second-order valence-corrected chi connectivity index (χ2v) is 10.3. The molecule has 1 amide bonds. The summed E-state index contributed by atoms with van der Waals surface area (Å²) in [4.78, 5) is 13.7. The molecule has 1 fully saturated rings. The Morgan fingerprint density at radius 2 is 1.59 bits per heavy atom. The van der Waals surface area contributed by atoms with Gasteiger partial charge in [-0.1, -0.05) is 78.1 Å². The molecule has 0 atom stereocenters. The van der Waals surface area contributed by atoms with Crippen molar-refractivity contribution >= 4 is 23.4 Å². The van der Waals surface area contributed by atoms with E-state index in [4.69, 9.17) is 0 Å². The number of hydrogen-bond donors (Lipinski definition) is 2. The first-order valence-electron chi connectivity index (χ1n) is 12.3. The van der Waals surface area contributed by atoms with Gasteiger partial charge >= 0.3 is 0 Å². The standard InChI is InChI=1S/C26H36N2OS.C2H6/c1-4-30-24-16-10-20(11-17-24)18-25(29)28-23-14-12-21(13-15-23)26(2,3)19-27-22-8-6-5-7-9-22;1-2/h10-17,22,27H,4-9,18-19H2,1-3H3,(H,28,29);1-2H3. The quantitative estimate of drug-likeness (QED) is 0.393. The summed E-state index contributed by atoms with van der Waals surface area (Å²) in [5.41, 5.74) is 3.27. The molecular formula is C28H42N2OS. The van der Waals surface area contributed by atoms with E-state index < -0.39 is 0 Å². The molecule has 0 heterocycles. The van der Waals surface area contributed by atoms with Crippen LogP contribution in [0.1, 0.15) is 77.8 Å². The fourth-order valence-corrected chi connectivity index (χ4v) is 4.74. The Balaban J connectivity index is 0.00000176. The van der Waals surface area contributed by atoms with Crippen molar-refractivity contribution in [2.45, 2.75) is 89.5 Å². The van der Waals surface area contributed by atoms with Crippen LogP contribution in [-0.4, -0.2) is 24.2 Å². The van der Waals surface area contributed by atoms with Crippen molar-refractivity contribution in [2.24, 2.45) is 0 Å². The Morgan fingerprint density at radius 3 is 2.19 bits per heavy atom. The third-order valence-electron chi connectivity index (χ3n) is 5.99. The Hall–Kier alpha value is -1.78. The van der Waals surface area contributed by atoms with Gasteiger partial charge in [0.2, 0.25) is 5.91 Å². The van der Waals surface area contributed by atoms with E-state index in [2.05, 4.69) is 55.7 Å². The minimum Gasteiger partial charge on any atom is -0.326 e. The number of nitrogens with one attached hydrogen (secondary N) is 2. The minimum atomic E-state index is 0.0249. The van der Waals surface area contributed by atoms with Crippen molar-refractivity contribution in [1.29, 1.82) is 0 Å². The Morgan fingerprint density at radius 1 is 0.969 bits per heavy atom. The summed E-state index contributed by atoms with van der Waals surface area (Å²) < 4.78 is 0. The zero-order valence-corrected chi connectivity index (χ0v) is 21.5. The molecule has 0 bridgehead atoms. The van der Waals surface area contributed by atoms with Crippen molar-refractivity contribution in [3.05, 3.63) is 59.7 Å². The van der Waals surface area contributed by atoms with Crippen molar-refractivity contribution < 1.29 is 4.79 Å². The smallest absolute Gasteiger partial charge is 0.228 e. The van der Waals surface area contributed by atoms with E-state index in [0.29, 0.717) is 12.5 Å². The molecule has 0 aromatic heterocycles. The highest BCUT2D eigenvalue weighted by atomic mass is 32.2. The summed E-state index contributed by atoms with van der Waals surface area (Å²) in [6.45, 7) is 11.7. The van der Waals surface area contributed by atoms with Crippen LogP contribution < -0.4 is 10.6 Å². The normalized spacial score (nSPS) is 14.4. The molecule has 4 heteroatoms. The van der Waals surface area contributed by atoms with Crippen molar-refractivity contribution in [2.75, 3.05) is 17.6 Å². The van der Waals surface area contributed by atoms with Gasteiger partial charge in [0, 0.05) is 28.6 Å². The largest absolute Gasteiger partial charge is 0.326 e. The highest BCUT2D eigenvalue weighted by molar-refractivity contribution is 7.99. The third kappa shape index (κ3) is 8.63. The van der Waals surface area contributed by atoms with E-state index in [1.165, 1.54) is 42.6 Å². The maximum absolute atomic E-state index is 12.4. The van der Waals surface area contributed by atoms with E-state index in [1.54, 1.807) is 0 Å². The molecule has 0 unspecified atom stereocenters. The Kier molecular flexibility index (Phi) is 11.3. The minimum absolute atomic E-state index is 0.0249. The number of carbonyl (C=O) groups excluding carboxylic acids is 1. The first-order chi connectivity index (χ1) is 15.5. The molecule has 3 nitrogen and oxygen atoms in total. The van der Waals surface area contributed by atoms with Crippen molar-refractivity contribution in [3.8, 4) is 0 Å². The van der Waals surface area contributed by atoms with Gasteiger partial charge < -0.3 is 10.6 Å². The Labute approximate surface area is 200 Å². The van der Waals surface area contributed by atoms with Crippen LogP contribution in [0.2, 0.25) is 0 Å². The summed E-state index contributed by atoms with van der Waals surface area (Å²) in [6, 6.07) is 17.3. The average Bonchev–Trinajstić information content (AvgIpc) is 2.82. The first-order valence-corrected chi connectivity index (χ1v) is 13.3. The average molecular weight is 455 g/mol. The number of hydrogen-bond acceptors (Lipinski definition) is 3. The number of carbonyl (C=O) groups is 1. The van der Waals surface area contributed by atoms with Crippen LogP contribution in [-0.2, 0) is 16.6 Å².